The summed E-state index contributed by atoms with van der Waals surface area (Å²) in [5.41, 5.74) is -0.693. The minimum atomic E-state index is -1.27. The third kappa shape index (κ3) is 4.81. The molecule has 0 fully saturated rings. The van der Waals surface area contributed by atoms with E-state index in [1.54, 1.807) is 45.0 Å². The summed E-state index contributed by atoms with van der Waals surface area (Å²) in [6.07, 6.45) is 0.773. The van der Waals surface area contributed by atoms with Gasteiger partial charge in [-0.25, -0.2) is 4.79 Å². The van der Waals surface area contributed by atoms with E-state index in [9.17, 15) is 14.4 Å². The summed E-state index contributed by atoms with van der Waals surface area (Å²) < 4.78 is 4.98. The van der Waals surface area contributed by atoms with Gasteiger partial charge in [0.25, 0.3) is 0 Å². The van der Waals surface area contributed by atoms with Gasteiger partial charge in [0, 0.05) is 6.04 Å². The van der Waals surface area contributed by atoms with E-state index in [0.717, 1.165) is 6.42 Å². The smallest absolute Gasteiger partial charge is 0.340 e. The molecule has 0 saturated carbocycles. The topological polar surface area (TPSA) is 84.5 Å². The van der Waals surface area contributed by atoms with E-state index in [-0.39, 0.29) is 24.1 Å². The van der Waals surface area contributed by atoms with Crippen LogP contribution in [-0.4, -0.2) is 30.4 Å². The summed E-state index contributed by atoms with van der Waals surface area (Å²) in [5.74, 6) is -1.36. The standard InChI is InChI=1S/C18H26N2O4/c1-6-12(3)19-16(22)18(4,5)17(23)20-14-11-9-8-10-13(14)15(21)24-7-2/h8-12H,6-7H2,1-5H3,(H,19,22)(H,20,23). The largest absolute Gasteiger partial charge is 0.462 e. The number of para-hydroxylation sites is 1. The third-order valence-electron chi connectivity index (χ3n) is 3.80. The molecular formula is C18H26N2O4. The van der Waals surface area contributed by atoms with E-state index in [2.05, 4.69) is 10.6 Å². The zero-order chi connectivity index (χ0) is 18.3. The fraction of sp³-hybridized carbons (Fsp3) is 0.500. The lowest BCUT2D eigenvalue weighted by Crippen LogP contribution is -2.47. The number of benzene rings is 1. The first-order chi connectivity index (χ1) is 11.2. The van der Waals surface area contributed by atoms with Crippen LogP contribution >= 0.6 is 0 Å². The van der Waals surface area contributed by atoms with Crippen LogP contribution in [0.3, 0.4) is 0 Å². The number of hydrogen-bond donors (Lipinski definition) is 2. The van der Waals surface area contributed by atoms with Crippen LogP contribution in [0.2, 0.25) is 0 Å². The number of nitrogens with one attached hydrogen (secondary N) is 2. The van der Waals surface area contributed by atoms with Crippen molar-refractivity contribution in [2.45, 2.75) is 47.1 Å². The maximum Gasteiger partial charge on any atom is 0.340 e. The van der Waals surface area contributed by atoms with Crippen molar-refractivity contribution in [1.29, 1.82) is 0 Å². The zero-order valence-corrected chi connectivity index (χ0v) is 14.9. The summed E-state index contributed by atoms with van der Waals surface area (Å²) in [6, 6.07) is 6.54. The molecule has 2 amide bonds. The normalized spacial score (nSPS) is 12.2. The van der Waals surface area contributed by atoms with Gasteiger partial charge in [0.05, 0.1) is 17.9 Å². The van der Waals surface area contributed by atoms with Gasteiger partial charge in [0.15, 0.2) is 0 Å². The van der Waals surface area contributed by atoms with Crippen molar-refractivity contribution in [2.75, 3.05) is 11.9 Å². The molecule has 0 aliphatic carbocycles. The molecule has 1 aromatic rings. The summed E-state index contributed by atoms with van der Waals surface area (Å²) in [5, 5.41) is 5.46. The Morgan fingerprint density at radius 3 is 2.33 bits per heavy atom. The number of anilines is 1. The van der Waals surface area contributed by atoms with E-state index in [1.165, 1.54) is 0 Å². The second-order valence-corrected chi connectivity index (χ2v) is 6.13. The Hall–Kier alpha value is -2.37. The van der Waals surface area contributed by atoms with Crippen LogP contribution in [0.25, 0.3) is 0 Å². The lowest BCUT2D eigenvalue weighted by Gasteiger charge is -2.25. The number of amides is 2. The van der Waals surface area contributed by atoms with Crippen molar-refractivity contribution in [1.82, 2.24) is 5.32 Å². The lowest BCUT2D eigenvalue weighted by atomic mass is 9.90. The van der Waals surface area contributed by atoms with Crippen molar-refractivity contribution in [3.05, 3.63) is 29.8 Å². The Labute approximate surface area is 143 Å². The molecule has 0 aromatic heterocycles. The van der Waals surface area contributed by atoms with Gasteiger partial charge in [-0.1, -0.05) is 19.1 Å². The average molecular weight is 334 g/mol. The molecule has 24 heavy (non-hydrogen) atoms. The van der Waals surface area contributed by atoms with Crippen LogP contribution in [0.1, 0.15) is 51.4 Å². The molecule has 1 rings (SSSR count). The Morgan fingerprint density at radius 2 is 1.75 bits per heavy atom. The Bertz CT molecular complexity index is 611. The third-order valence-corrected chi connectivity index (χ3v) is 3.80. The van der Waals surface area contributed by atoms with Crippen LogP contribution in [-0.2, 0) is 14.3 Å². The molecule has 0 radical (unpaired) electrons. The van der Waals surface area contributed by atoms with Gasteiger partial charge in [0.2, 0.25) is 11.8 Å². The molecule has 1 aromatic carbocycles. The molecule has 0 bridgehead atoms. The highest BCUT2D eigenvalue weighted by molar-refractivity contribution is 6.11. The molecule has 2 N–H and O–H groups in total. The molecular weight excluding hydrogens is 308 g/mol. The van der Waals surface area contributed by atoms with Crippen molar-refractivity contribution in [3.63, 3.8) is 0 Å². The van der Waals surface area contributed by atoms with Crippen LogP contribution in [0.5, 0.6) is 0 Å². The quantitative estimate of drug-likeness (QED) is 0.593. The highest BCUT2D eigenvalue weighted by Gasteiger charge is 2.37. The molecule has 132 valence electrons. The first-order valence-electron chi connectivity index (χ1n) is 8.12. The zero-order valence-electron chi connectivity index (χ0n) is 14.9. The summed E-state index contributed by atoms with van der Waals surface area (Å²) >= 11 is 0. The highest BCUT2D eigenvalue weighted by atomic mass is 16.5. The molecule has 0 spiro atoms. The number of hydrogen-bond acceptors (Lipinski definition) is 4. The Morgan fingerprint density at radius 1 is 1.12 bits per heavy atom. The Kier molecular flexibility index (Phi) is 6.95. The Balaban J connectivity index is 2.94. The maximum absolute atomic E-state index is 12.6. The summed E-state index contributed by atoms with van der Waals surface area (Å²) in [4.78, 5) is 36.8. The first kappa shape index (κ1) is 19.7. The van der Waals surface area contributed by atoms with Gasteiger partial charge in [0.1, 0.15) is 5.41 Å². The van der Waals surface area contributed by atoms with Crippen molar-refractivity contribution >= 4 is 23.5 Å². The second kappa shape index (κ2) is 8.47. The van der Waals surface area contributed by atoms with Crippen molar-refractivity contribution in [2.24, 2.45) is 5.41 Å². The molecule has 1 atom stereocenters. The molecule has 0 aliphatic heterocycles. The highest BCUT2D eigenvalue weighted by Crippen LogP contribution is 2.22. The van der Waals surface area contributed by atoms with E-state index in [4.69, 9.17) is 4.74 Å². The summed E-state index contributed by atoms with van der Waals surface area (Å²) in [6.45, 7) is 8.88. The number of esters is 1. The van der Waals surface area contributed by atoms with Crippen LogP contribution in [0.15, 0.2) is 24.3 Å². The van der Waals surface area contributed by atoms with Gasteiger partial charge in [-0.15, -0.1) is 0 Å². The molecule has 0 saturated heterocycles. The number of rotatable bonds is 7. The predicted molar refractivity (Wildman–Crippen MR) is 92.7 cm³/mol. The van der Waals surface area contributed by atoms with Gasteiger partial charge in [-0.05, 0) is 46.2 Å². The SMILES string of the molecule is CCOC(=O)c1ccccc1NC(=O)C(C)(C)C(=O)NC(C)CC. The van der Waals surface area contributed by atoms with Crippen molar-refractivity contribution in [3.8, 4) is 0 Å². The minimum Gasteiger partial charge on any atom is -0.462 e. The number of ether oxygens (including phenoxy) is 1. The molecule has 0 heterocycles. The minimum absolute atomic E-state index is 0.0172. The van der Waals surface area contributed by atoms with Crippen LogP contribution in [0.4, 0.5) is 5.69 Å². The average Bonchev–Trinajstić information content (AvgIpc) is 2.55. The van der Waals surface area contributed by atoms with E-state index in [1.807, 2.05) is 13.8 Å². The molecule has 1 unspecified atom stereocenters. The van der Waals surface area contributed by atoms with E-state index in [0.29, 0.717) is 5.69 Å². The fourth-order valence-corrected chi connectivity index (χ4v) is 1.87. The predicted octanol–water partition coefficient (Wildman–Crippen LogP) is 2.74. The van der Waals surface area contributed by atoms with E-state index < -0.39 is 17.3 Å². The fourth-order valence-electron chi connectivity index (χ4n) is 1.87. The number of carbonyl (C=O) groups is 3. The van der Waals surface area contributed by atoms with E-state index >= 15 is 0 Å². The van der Waals surface area contributed by atoms with Gasteiger partial charge < -0.3 is 15.4 Å². The number of carbonyl (C=O) groups excluding carboxylic acids is 3. The van der Waals surface area contributed by atoms with Crippen molar-refractivity contribution < 1.29 is 19.1 Å². The molecule has 6 heteroatoms. The molecule has 6 nitrogen and oxygen atoms in total. The van der Waals surface area contributed by atoms with Crippen LogP contribution < -0.4 is 10.6 Å². The van der Waals surface area contributed by atoms with Gasteiger partial charge >= 0.3 is 5.97 Å². The van der Waals surface area contributed by atoms with Crippen LogP contribution in [0, 0.1) is 5.41 Å². The molecule has 0 aliphatic rings. The van der Waals surface area contributed by atoms with Gasteiger partial charge in [-0.3, -0.25) is 9.59 Å². The summed E-state index contributed by atoms with van der Waals surface area (Å²) in [7, 11) is 0. The second-order valence-electron chi connectivity index (χ2n) is 6.13. The van der Waals surface area contributed by atoms with Gasteiger partial charge in [-0.2, -0.15) is 0 Å². The lowest BCUT2D eigenvalue weighted by molar-refractivity contribution is -0.138. The maximum atomic E-state index is 12.6. The first-order valence-corrected chi connectivity index (χ1v) is 8.12. The monoisotopic (exact) mass is 334 g/mol.